The lowest BCUT2D eigenvalue weighted by Gasteiger charge is -2.21. The van der Waals surface area contributed by atoms with E-state index in [9.17, 15) is 8.42 Å². The molecule has 0 bridgehead atoms. The van der Waals surface area contributed by atoms with E-state index < -0.39 is 9.84 Å². The summed E-state index contributed by atoms with van der Waals surface area (Å²) in [5, 5.41) is 0.435. The topological polar surface area (TPSA) is 50.3 Å². The van der Waals surface area contributed by atoms with Gasteiger partial charge in [0.05, 0.1) is 11.5 Å². The van der Waals surface area contributed by atoms with Crippen LogP contribution < -0.4 is 4.90 Å². The van der Waals surface area contributed by atoms with Crippen molar-refractivity contribution < 1.29 is 8.42 Å². The maximum Gasteiger partial charge on any atom is 0.152 e. The molecule has 2 rings (SSSR count). The number of hydrogen-bond acceptors (Lipinski definition) is 4. The highest BCUT2D eigenvalue weighted by atomic mass is 35.5. The van der Waals surface area contributed by atoms with Crippen LogP contribution in [0.1, 0.15) is 6.42 Å². The molecular formula is C10H13ClN2O2S. The SMILES string of the molecule is O=S1(=O)CCCN(c2ccnc(Cl)c2)CC1. The predicted molar refractivity (Wildman–Crippen MR) is 64.7 cm³/mol. The molecule has 0 atom stereocenters. The van der Waals surface area contributed by atoms with Crippen molar-refractivity contribution in [3.05, 3.63) is 23.5 Å². The number of hydrogen-bond donors (Lipinski definition) is 0. The summed E-state index contributed by atoms with van der Waals surface area (Å²) in [5.41, 5.74) is 0.942. The highest BCUT2D eigenvalue weighted by Gasteiger charge is 2.19. The van der Waals surface area contributed by atoms with Crippen molar-refractivity contribution in [1.82, 2.24) is 4.98 Å². The molecular weight excluding hydrogens is 248 g/mol. The summed E-state index contributed by atoms with van der Waals surface area (Å²) in [5.74, 6) is 0.495. The maximum absolute atomic E-state index is 11.4. The number of rotatable bonds is 1. The highest BCUT2D eigenvalue weighted by molar-refractivity contribution is 7.91. The van der Waals surface area contributed by atoms with Crippen molar-refractivity contribution in [2.75, 3.05) is 29.5 Å². The summed E-state index contributed by atoms with van der Waals surface area (Å²) >= 11 is 5.80. The summed E-state index contributed by atoms with van der Waals surface area (Å²) in [6.45, 7) is 1.28. The normalized spacial score (nSPS) is 20.4. The minimum atomic E-state index is -2.86. The molecule has 0 spiro atoms. The second-order valence-electron chi connectivity index (χ2n) is 3.83. The molecule has 1 fully saturated rings. The molecule has 1 aromatic rings. The fraction of sp³-hybridized carbons (Fsp3) is 0.500. The van der Waals surface area contributed by atoms with Crippen molar-refractivity contribution >= 4 is 27.1 Å². The smallest absolute Gasteiger partial charge is 0.152 e. The van der Waals surface area contributed by atoms with Crippen LogP contribution in [0.3, 0.4) is 0 Å². The van der Waals surface area contributed by atoms with Gasteiger partial charge in [-0.2, -0.15) is 0 Å². The van der Waals surface area contributed by atoms with Crippen molar-refractivity contribution in [1.29, 1.82) is 0 Å². The monoisotopic (exact) mass is 260 g/mol. The number of nitrogens with zero attached hydrogens (tertiary/aromatic N) is 2. The van der Waals surface area contributed by atoms with Gasteiger partial charge in [-0.1, -0.05) is 11.6 Å². The van der Waals surface area contributed by atoms with Gasteiger partial charge < -0.3 is 4.90 Å². The first-order chi connectivity index (χ1) is 7.57. The lowest BCUT2D eigenvalue weighted by Crippen LogP contribution is -2.26. The Bertz CT molecular complexity index is 475. The molecule has 0 amide bonds. The Morgan fingerprint density at radius 2 is 2.12 bits per heavy atom. The Labute approximate surface area is 100 Å². The summed E-state index contributed by atoms with van der Waals surface area (Å²) in [6, 6.07) is 3.61. The molecule has 1 saturated heterocycles. The van der Waals surface area contributed by atoms with Crippen LogP contribution in [0.4, 0.5) is 5.69 Å². The van der Waals surface area contributed by atoms with Crippen molar-refractivity contribution in [3.8, 4) is 0 Å². The summed E-state index contributed by atoms with van der Waals surface area (Å²) in [7, 11) is -2.86. The third-order valence-corrected chi connectivity index (χ3v) is 4.55. The second kappa shape index (κ2) is 4.59. The first-order valence-corrected chi connectivity index (χ1v) is 7.34. The van der Waals surface area contributed by atoms with Gasteiger partial charge in [0.2, 0.25) is 0 Å². The number of aromatic nitrogens is 1. The van der Waals surface area contributed by atoms with E-state index in [2.05, 4.69) is 4.98 Å². The molecule has 4 nitrogen and oxygen atoms in total. The highest BCUT2D eigenvalue weighted by Crippen LogP contribution is 2.19. The van der Waals surface area contributed by atoms with Gasteiger partial charge in [0.25, 0.3) is 0 Å². The molecule has 0 aromatic carbocycles. The van der Waals surface area contributed by atoms with E-state index >= 15 is 0 Å². The molecule has 2 heterocycles. The van der Waals surface area contributed by atoms with E-state index in [4.69, 9.17) is 11.6 Å². The summed E-state index contributed by atoms with van der Waals surface area (Å²) in [4.78, 5) is 5.95. The van der Waals surface area contributed by atoms with E-state index in [1.807, 2.05) is 11.0 Å². The van der Waals surface area contributed by atoms with Crippen molar-refractivity contribution in [2.45, 2.75) is 6.42 Å². The third-order valence-electron chi connectivity index (χ3n) is 2.63. The van der Waals surface area contributed by atoms with E-state index in [0.717, 1.165) is 12.2 Å². The maximum atomic E-state index is 11.4. The van der Waals surface area contributed by atoms with Crippen molar-refractivity contribution in [2.24, 2.45) is 0 Å². The number of halogens is 1. The fourth-order valence-corrected chi connectivity index (χ4v) is 3.23. The van der Waals surface area contributed by atoms with E-state index in [-0.39, 0.29) is 11.5 Å². The van der Waals surface area contributed by atoms with Crippen LogP contribution in [0.25, 0.3) is 0 Å². The molecule has 6 heteroatoms. The van der Waals surface area contributed by atoms with E-state index in [1.54, 1.807) is 12.3 Å². The third kappa shape index (κ3) is 2.86. The fourth-order valence-electron chi connectivity index (χ4n) is 1.79. The van der Waals surface area contributed by atoms with Gasteiger partial charge in [-0.25, -0.2) is 13.4 Å². The average Bonchev–Trinajstić information content (AvgIpc) is 2.39. The minimum absolute atomic E-state index is 0.215. The van der Waals surface area contributed by atoms with E-state index in [1.165, 1.54) is 0 Å². The predicted octanol–water partition coefficient (Wildman–Crippen LogP) is 1.36. The quantitative estimate of drug-likeness (QED) is 0.716. The number of pyridine rings is 1. The van der Waals surface area contributed by atoms with E-state index in [0.29, 0.717) is 18.1 Å². The molecule has 1 aliphatic heterocycles. The van der Waals surface area contributed by atoms with Crippen LogP contribution in [-0.2, 0) is 9.84 Å². The first-order valence-electron chi connectivity index (χ1n) is 5.14. The average molecular weight is 261 g/mol. The Kier molecular flexibility index (Phi) is 3.35. The second-order valence-corrected chi connectivity index (χ2v) is 6.52. The standard InChI is InChI=1S/C10H13ClN2O2S/c11-10-8-9(2-3-12-10)13-4-1-6-16(14,15)7-5-13/h2-3,8H,1,4-7H2. The Morgan fingerprint density at radius 3 is 2.88 bits per heavy atom. The molecule has 0 aliphatic carbocycles. The van der Waals surface area contributed by atoms with Gasteiger partial charge in [0.15, 0.2) is 9.84 Å². The Morgan fingerprint density at radius 1 is 1.31 bits per heavy atom. The molecule has 16 heavy (non-hydrogen) atoms. The molecule has 88 valence electrons. The van der Waals surface area contributed by atoms with Gasteiger partial charge in [0.1, 0.15) is 5.15 Å². The lowest BCUT2D eigenvalue weighted by atomic mass is 10.3. The first kappa shape index (κ1) is 11.7. The van der Waals surface area contributed by atoms with Gasteiger partial charge in [-0.3, -0.25) is 0 Å². The molecule has 0 unspecified atom stereocenters. The van der Waals surface area contributed by atoms with Gasteiger partial charge in [0, 0.05) is 25.0 Å². The molecule has 1 aliphatic rings. The zero-order valence-electron chi connectivity index (χ0n) is 8.76. The summed E-state index contributed by atoms with van der Waals surface area (Å²) in [6.07, 6.45) is 2.30. The largest absolute Gasteiger partial charge is 0.370 e. The van der Waals surface area contributed by atoms with Gasteiger partial charge in [-0.05, 0) is 18.6 Å². The van der Waals surface area contributed by atoms with Gasteiger partial charge in [-0.15, -0.1) is 0 Å². The molecule has 0 N–H and O–H groups in total. The van der Waals surface area contributed by atoms with Crippen molar-refractivity contribution in [3.63, 3.8) is 0 Å². The van der Waals surface area contributed by atoms with Crippen LogP contribution in [-0.4, -0.2) is 38.0 Å². The number of anilines is 1. The zero-order chi connectivity index (χ0) is 11.6. The number of sulfone groups is 1. The lowest BCUT2D eigenvalue weighted by molar-refractivity contribution is 0.597. The van der Waals surface area contributed by atoms with Gasteiger partial charge >= 0.3 is 0 Å². The Balaban J connectivity index is 2.17. The molecule has 0 saturated carbocycles. The van der Waals surface area contributed by atoms with Crippen LogP contribution in [0.15, 0.2) is 18.3 Å². The van der Waals surface area contributed by atoms with Crippen LogP contribution in [0.5, 0.6) is 0 Å². The Hall–Kier alpha value is -0.810. The van der Waals surface area contributed by atoms with Crippen LogP contribution in [0.2, 0.25) is 5.15 Å². The zero-order valence-corrected chi connectivity index (χ0v) is 10.3. The summed E-state index contributed by atoms with van der Waals surface area (Å²) < 4.78 is 22.9. The van der Waals surface area contributed by atoms with Crippen LogP contribution in [0, 0.1) is 0 Å². The molecule has 0 radical (unpaired) electrons. The molecule has 1 aromatic heterocycles. The van der Waals surface area contributed by atoms with Crippen LogP contribution >= 0.6 is 11.6 Å². The minimum Gasteiger partial charge on any atom is -0.370 e.